The van der Waals surface area contributed by atoms with Gasteiger partial charge < -0.3 is 151 Å². The van der Waals surface area contributed by atoms with E-state index in [2.05, 4.69) is 187 Å². The number of hydrogen-bond donors (Lipinski definition) is 38. The van der Waals surface area contributed by atoms with E-state index in [1.54, 1.807) is 55.4 Å². The van der Waals surface area contributed by atoms with E-state index >= 15 is 0 Å². The molecule has 0 saturated carbocycles. The smallest absolute Gasteiger partial charge is 0.322 e. The quantitative estimate of drug-likeness (QED) is 0.0125. The molecule has 0 aliphatic carbocycles. The monoisotopic (exact) mass is 2050 g/mol. The number of guanidine groups is 4. The van der Waals surface area contributed by atoms with Crippen LogP contribution in [0, 0.1) is 45.3 Å². The summed E-state index contributed by atoms with van der Waals surface area (Å²) < 4.78 is 0. The van der Waals surface area contributed by atoms with Crippen molar-refractivity contribution in [3.05, 3.63) is 29.8 Å². The number of nitrogens with one attached hydrogen (secondary N) is 25. The van der Waals surface area contributed by atoms with E-state index in [1.165, 1.54) is 24.3 Å². The lowest BCUT2D eigenvalue weighted by Gasteiger charge is -2.29. The Morgan fingerprint density at radius 3 is 0.832 bits per heavy atom. The number of amides is 17. The number of phenols is 1. The second-order valence-corrected chi connectivity index (χ2v) is 34.5. The highest BCUT2D eigenvalue weighted by Gasteiger charge is 2.40. The number of hydrogen-bond acceptors (Lipinski definition) is 30. The molecule has 50 nitrogen and oxygen atoms in total. The third kappa shape index (κ3) is 48.0. The SMILES string of the molecule is CC[C@H](C)[C@H](NC(=O)CNC(=O)[C@H](CCCNC(=N)N)NC(=O)CNC(=O)[C@H](CS)NC(=O)[C@@H](NC(=O)[C@H](CS)NC(=O)[C@H](CCCNC(=N)N)NC(=O)[C@H](CS)NC(=O)[C@@H](NC(=O)[C@H](Cc1ccc(O)cc1)NC(=O)[C@@H](N)CCCNC(=N)N)[C@@H](C)CC)[C@@H](C)CC)C(=O)N[C@@H](CS)C(=O)N[C@@H](CCCNC(=N)N)C(=O)N[C@@H](CS)C(=O)N[C@H](C(=O)N[C@@H](CS)C(=O)NCC(=O)O)[C@@H](C)CC. The number of nitrogens with two attached hydrogens (primary N) is 5. The van der Waals surface area contributed by atoms with Crippen LogP contribution in [0.5, 0.6) is 5.75 Å². The Balaban J connectivity index is 3.41. The topological polar surface area (TPSA) is 826 Å². The van der Waals surface area contributed by atoms with Gasteiger partial charge in [-0.3, -0.25) is 108 Å². The average molecular weight is 2050 g/mol. The van der Waals surface area contributed by atoms with E-state index in [0.717, 1.165) is 0 Å². The number of carboxylic acid groups (broad SMARTS) is 1. The van der Waals surface area contributed by atoms with E-state index < -0.39 is 275 Å². The fourth-order valence-electron chi connectivity index (χ4n) is 12.6. The Morgan fingerprint density at radius 2 is 0.533 bits per heavy atom. The van der Waals surface area contributed by atoms with E-state index in [1.807, 2.05) is 0 Å². The van der Waals surface area contributed by atoms with Gasteiger partial charge in [-0.2, -0.15) is 75.8 Å². The average Bonchev–Trinajstić information content (AvgIpc) is 0.730. The van der Waals surface area contributed by atoms with Crippen molar-refractivity contribution in [3.8, 4) is 5.75 Å². The van der Waals surface area contributed by atoms with Crippen molar-refractivity contribution in [2.24, 2.45) is 52.3 Å². The van der Waals surface area contributed by atoms with Gasteiger partial charge in [0.1, 0.15) is 96.9 Å². The Hall–Kier alpha value is -11.4. The second-order valence-electron chi connectivity index (χ2n) is 32.3. The Labute approximate surface area is 828 Å². The summed E-state index contributed by atoms with van der Waals surface area (Å²) in [5.41, 5.74) is 28.5. The molecular formula is C81H142N30O20S6. The number of carboxylic acids is 1. The molecular weight excluding hydrogens is 1910 g/mol. The number of rotatable bonds is 67. The number of carbonyl (C=O) groups is 18. The molecule has 19 atom stereocenters. The second kappa shape index (κ2) is 67.0. The van der Waals surface area contributed by atoms with Gasteiger partial charge in [-0.05, 0) is 92.7 Å². The molecule has 37 N–H and O–H groups in total. The number of carbonyl (C=O) groups excluding carboxylic acids is 17. The van der Waals surface area contributed by atoms with Gasteiger partial charge in [0.05, 0.1) is 19.1 Å². The highest BCUT2D eigenvalue weighted by molar-refractivity contribution is 7.81. The summed E-state index contributed by atoms with van der Waals surface area (Å²) in [6.45, 7) is 11.2. The maximum atomic E-state index is 14.4. The first-order chi connectivity index (χ1) is 64.6. The Kier molecular flexibility index (Phi) is 60.4. The molecule has 0 aliphatic rings. The molecule has 1 aromatic rings. The van der Waals surface area contributed by atoms with E-state index in [4.69, 9.17) is 55.4 Å². The van der Waals surface area contributed by atoms with Gasteiger partial charge in [-0.25, -0.2) is 0 Å². The lowest BCUT2D eigenvalue weighted by molar-refractivity contribution is -0.138. The molecule has 56 heteroatoms. The number of benzene rings is 1. The lowest BCUT2D eigenvalue weighted by atomic mass is 9.96. The molecule has 1 aromatic carbocycles. The van der Waals surface area contributed by atoms with Crippen molar-refractivity contribution < 1.29 is 96.5 Å². The van der Waals surface area contributed by atoms with Crippen molar-refractivity contribution in [1.29, 1.82) is 21.6 Å². The Morgan fingerprint density at radius 1 is 0.299 bits per heavy atom. The molecule has 0 aromatic heterocycles. The summed E-state index contributed by atoms with van der Waals surface area (Å²) in [6, 6.07) is -15.4. The molecule has 0 radical (unpaired) electrons. The summed E-state index contributed by atoms with van der Waals surface area (Å²) in [7, 11) is 0. The molecule has 0 fully saturated rings. The Bertz CT molecular complexity index is 4220. The van der Waals surface area contributed by atoms with Crippen molar-refractivity contribution in [3.63, 3.8) is 0 Å². The number of aromatic hydroxyl groups is 1. The van der Waals surface area contributed by atoms with Crippen molar-refractivity contribution in [2.45, 2.75) is 229 Å². The summed E-state index contributed by atoms with van der Waals surface area (Å²) in [6.07, 6.45) is 1.19. The van der Waals surface area contributed by atoms with Gasteiger partial charge in [0.15, 0.2) is 23.8 Å². The molecule has 0 bridgehead atoms. The zero-order chi connectivity index (χ0) is 104. The van der Waals surface area contributed by atoms with Gasteiger partial charge in [0.2, 0.25) is 100 Å². The van der Waals surface area contributed by atoms with Gasteiger partial charge in [0.25, 0.3) is 0 Å². The third-order valence-electron chi connectivity index (χ3n) is 21.6. The van der Waals surface area contributed by atoms with Gasteiger partial charge in [-0.15, -0.1) is 0 Å². The molecule has 0 spiro atoms. The first-order valence-corrected chi connectivity index (χ1v) is 48.2. The molecule has 0 saturated heterocycles. The van der Waals surface area contributed by atoms with Crippen molar-refractivity contribution in [1.82, 2.24) is 112 Å². The predicted molar refractivity (Wildman–Crippen MR) is 531 cm³/mol. The van der Waals surface area contributed by atoms with Crippen LogP contribution in [0.3, 0.4) is 0 Å². The van der Waals surface area contributed by atoms with E-state index in [9.17, 15) is 91.4 Å². The lowest BCUT2D eigenvalue weighted by Crippen LogP contribution is -2.62. The van der Waals surface area contributed by atoms with Crippen LogP contribution in [0.25, 0.3) is 0 Å². The molecule has 772 valence electrons. The van der Waals surface area contributed by atoms with Crippen LogP contribution in [-0.4, -0.2) is 311 Å². The highest BCUT2D eigenvalue weighted by atomic mass is 32.1. The molecule has 0 aliphatic heterocycles. The minimum atomic E-state index is -1.53. The molecule has 137 heavy (non-hydrogen) atoms. The maximum absolute atomic E-state index is 14.4. The zero-order valence-corrected chi connectivity index (χ0v) is 83.3. The zero-order valence-electron chi connectivity index (χ0n) is 78.0. The first kappa shape index (κ1) is 124. The summed E-state index contributed by atoms with van der Waals surface area (Å²) in [5, 5.41) is 102. The van der Waals surface area contributed by atoms with Crippen LogP contribution in [0.4, 0.5) is 0 Å². The maximum Gasteiger partial charge on any atom is 0.322 e. The van der Waals surface area contributed by atoms with Gasteiger partial charge in [0, 0.05) is 67.1 Å². The standard InChI is InChI=1S/C81H142N30O20S6/c1-9-39(5)59(74(128)106-52(35-134)70(124)99-47(19-15-27-93-80(87)88)67(121)102-55(38-137)73(127)111-62(42(8)12-4)76(130)105-51(34-133)66(120)97-32-58(115)116)108-57(114)31-95-64(118)46(18-14-26-92-79(85)86)98-56(113)30-96-65(119)50(33-132)104-75(129)61(41(7)11-3)110-72(126)54(37-136)103-68(122)48(20-16-28-94-81(89)90)100-71(125)53(36-135)107-77(131)60(40(6)10-2)109-69(123)49(29-43-21-23-44(112)24-22-43)101-63(117)45(82)17-13-25-91-78(83)84/h21-24,39-42,45-55,59-62,112,132-137H,9-20,25-38,82H2,1-8H3,(H,95,118)(H,96,119)(H,97,120)(H,98,113)(H,99,124)(H,100,125)(H,101,117)(H,102,121)(H,103,122)(H,104,129)(H,105,130)(H,106,128)(H,107,131)(H,108,114)(H,109,123)(H,110,126)(H,111,127)(H,115,116)(H4,83,84,91)(H4,85,86,92)(H4,87,88,93)(H4,89,90,94)/t39-,40-,41-,42-,45-,46-,47-,48-,49-,50-,51-,52-,53-,54-,55-,59-,60-,61-,62-/m0/s1. The predicted octanol–water partition coefficient (Wildman–Crippen LogP) is -8.70. The third-order valence-corrected chi connectivity index (χ3v) is 23.8. The summed E-state index contributed by atoms with van der Waals surface area (Å²) >= 11 is 25.6. The normalized spacial score (nSPS) is 15.1. The van der Waals surface area contributed by atoms with Gasteiger partial charge >= 0.3 is 5.97 Å². The minimum absolute atomic E-state index is 0.0167. The first-order valence-electron chi connectivity index (χ1n) is 44.4. The highest BCUT2D eigenvalue weighted by Crippen LogP contribution is 2.18. The van der Waals surface area contributed by atoms with Crippen LogP contribution in [-0.2, 0) is 92.7 Å². The number of thiol groups is 6. The number of aliphatic carboxylic acids is 1. The largest absolute Gasteiger partial charge is 0.508 e. The fourth-order valence-corrected chi connectivity index (χ4v) is 14.2. The van der Waals surface area contributed by atoms with Crippen LogP contribution < -0.4 is 140 Å². The van der Waals surface area contributed by atoms with Crippen molar-refractivity contribution in [2.75, 3.05) is 80.3 Å². The van der Waals surface area contributed by atoms with E-state index in [0.29, 0.717) is 24.8 Å². The molecule has 0 unspecified atom stereocenters. The molecule has 17 amide bonds. The van der Waals surface area contributed by atoms with E-state index in [-0.39, 0.29) is 119 Å². The van der Waals surface area contributed by atoms with Crippen LogP contribution in [0.2, 0.25) is 0 Å². The fraction of sp³-hybridized carbons (Fsp3) is 0.654. The summed E-state index contributed by atoms with van der Waals surface area (Å²) in [5.74, 6) is -23.1. The van der Waals surface area contributed by atoms with Crippen LogP contribution in [0.15, 0.2) is 24.3 Å². The van der Waals surface area contributed by atoms with Crippen molar-refractivity contribution >= 4 is 206 Å². The summed E-state index contributed by atoms with van der Waals surface area (Å²) in [4.78, 5) is 248. The van der Waals surface area contributed by atoms with Gasteiger partial charge in [-0.1, -0.05) is 93.2 Å². The molecule has 0 heterocycles. The molecule has 1 rings (SSSR count). The van der Waals surface area contributed by atoms with Crippen LogP contribution >= 0.6 is 75.8 Å². The van der Waals surface area contributed by atoms with Crippen LogP contribution in [0.1, 0.15) is 138 Å². The minimum Gasteiger partial charge on any atom is -0.508 e. The number of phenolic OH excluding ortho intramolecular Hbond substituents is 1.